The number of unbranched alkanes of at least 4 members (excludes halogenated alkanes) is 1. The predicted octanol–water partition coefficient (Wildman–Crippen LogP) is 0.605. The van der Waals surface area contributed by atoms with E-state index in [9.17, 15) is 13.2 Å². The molecule has 0 unspecified atom stereocenters. The van der Waals surface area contributed by atoms with Gasteiger partial charge in [-0.3, -0.25) is 4.79 Å². The van der Waals surface area contributed by atoms with E-state index in [0.29, 0.717) is 12.0 Å². The van der Waals surface area contributed by atoms with Crippen molar-refractivity contribution < 1.29 is 8.42 Å². The van der Waals surface area contributed by atoms with E-state index in [1.54, 1.807) is 25.4 Å². The van der Waals surface area contributed by atoms with Crippen LogP contribution in [-0.4, -0.2) is 18.7 Å². The van der Waals surface area contributed by atoms with Crippen LogP contribution in [0.5, 0.6) is 0 Å². The van der Waals surface area contributed by atoms with Crippen LogP contribution in [0.4, 0.5) is 0 Å². The number of rotatable bonds is 6. The molecule has 1 N–H and O–H groups in total. The average molecular weight is 258 g/mol. The summed E-state index contributed by atoms with van der Waals surface area (Å²) < 4.78 is 26.9. The lowest BCUT2D eigenvalue weighted by Gasteiger charge is -2.06. The molecular weight excluding hydrogens is 240 g/mol. The van der Waals surface area contributed by atoms with Crippen LogP contribution in [0.3, 0.4) is 0 Å². The van der Waals surface area contributed by atoms with Crippen molar-refractivity contribution in [1.82, 2.24) is 9.29 Å². The van der Waals surface area contributed by atoms with Crippen molar-refractivity contribution in [3.05, 3.63) is 34.2 Å². The van der Waals surface area contributed by atoms with Crippen LogP contribution < -0.4 is 10.3 Å². The molecule has 0 spiro atoms. The van der Waals surface area contributed by atoms with E-state index < -0.39 is 10.0 Å². The van der Waals surface area contributed by atoms with Crippen LogP contribution >= 0.6 is 0 Å². The number of aromatic nitrogens is 1. The van der Waals surface area contributed by atoms with Gasteiger partial charge in [0.15, 0.2) is 0 Å². The van der Waals surface area contributed by atoms with Crippen molar-refractivity contribution in [2.24, 2.45) is 7.05 Å². The Hall–Kier alpha value is -1.14. The van der Waals surface area contributed by atoms with Gasteiger partial charge in [0, 0.05) is 25.4 Å². The summed E-state index contributed by atoms with van der Waals surface area (Å²) in [6, 6.07) is 3.35. The minimum absolute atomic E-state index is 0.0551. The summed E-state index contributed by atoms with van der Waals surface area (Å²) in [5, 5.41) is 0. The Morgan fingerprint density at radius 2 is 2.12 bits per heavy atom. The van der Waals surface area contributed by atoms with E-state index >= 15 is 0 Å². The number of hydrogen-bond donors (Lipinski definition) is 1. The zero-order valence-electron chi connectivity index (χ0n) is 10.1. The van der Waals surface area contributed by atoms with E-state index in [1.807, 2.05) is 6.92 Å². The molecule has 0 amide bonds. The first kappa shape index (κ1) is 13.9. The molecule has 0 aromatic carbocycles. The van der Waals surface area contributed by atoms with Gasteiger partial charge in [0.25, 0.3) is 5.56 Å². The monoisotopic (exact) mass is 258 g/mol. The number of nitrogens with zero attached hydrogens (tertiary/aromatic N) is 1. The molecule has 1 rings (SSSR count). The van der Waals surface area contributed by atoms with Gasteiger partial charge >= 0.3 is 0 Å². The topological polar surface area (TPSA) is 68.2 Å². The van der Waals surface area contributed by atoms with Gasteiger partial charge in [-0.25, -0.2) is 13.1 Å². The van der Waals surface area contributed by atoms with Crippen LogP contribution in [0, 0.1) is 0 Å². The van der Waals surface area contributed by atoms with Crippen LogP contribution in [0.15, 0.2) is 23.1 Å². The van der Waals surface area contributed by atoms with E-state index in [1.165, 1.54) is 4.57 Å². The molecule has 0 atom stereocenters. The Morgan fingerprint density at radius 3 is 2.76 bits per heavy atom. The lowest BCUT2D eigenvalue weighted by Crippen LogP contribution is -2.30. The van der Waals surface area contributed by atoms with Crippen molar-refractivity contribution in [2.45, 2.75) is 26.3 Å². The second-order valence-electron chi connectivity index (χ2n) is 3.94. The van der Waals surface area contributed by atoms with Gasteiger partial charge < -0.3 is 4.57 Å². The summed E-state index contributed by atoms with van der Waals surface area (Å²) in [5.41, 5.74) is 0.278. The summed E-state index contributed by atoms with van der Waals surface area (Å²) in [4.78, 5) is 11.6. The highest BCUT2D eigenvalue weighted by molar-refractivity contribution is 7.89. The molecule has 0 bridgehead atoms. The lowest BCUT2D eigenvalue weighted by atomic mass is 10.3. The first-order valence-electron chi connectivity index (χ1n) is 5.58. The molecule has 0 aliphatic heterocycles. The van der Waals surface area contributed by atoms with Gasteiger partial charge in [0.05, 0.1) is 5.75 Å². The van der Waals surface area contributed by atoms with Gasteiger partial charge in [0.2, 0.25) is 10.0 Å². The Balaban J connectivity index is 2.68. The predicted molar refractivity (Wildman–Crippen MR) is 67.2 cm³/mol. The molecule has 6 heteroatoms. The number of hydrogen-bond acceptors (Lipinski definition) is 3. The average Bonchev–Trinajstić information content (AvgIpc) is 2.29. The molecule has 1 aromatic rings. The van der Waals surface area contributed by atoms with E-state index in [0.717, 1.165) is 6.42 Å². The minimum atomic E-state index is -3.27. The molecule has 17 heavy (non-hydrogen) atoms. The van der Waals surface area contributed by atoms with Gasteiger partial charge in [-0.1, -0.05) is 19.4 Å². The lowest BCUT2D eigenvalue weighted by molar-refractivity contribution is 0.577. The first-order chi connectivity index (χ1) is 7.96. The molecule has 0 aliphatic carbocycles. The SMILES string of the molecule is CCCCS(=O)(=O)NCc1cccn(C)c1=O. The Labute approximate surface area is 102 Å². The van der Waals surface area contributed by atoms with E-state index in [-0.39, 0.29) is 17.9 Å². The van der Waals surface area contributed by atoms with E-state index in [2.05, 4.69) is 4.72 Å². The Kier molecular flexibility index (Phi) is 4.89. The largest absolute Gasteiger partial charge is 0.318 e. The molecule has 1 heterocycles. The summed E-state index contributed by atoms with van der Waals surface area (Å²) in [6.07, 6.45) is 3.09. The third-order valence-electron chi connectivity index (χ3n) is 2.45. The van der Waals surface area contributed by atoms with Crippen LogP contribution in [-0.2, 0) is 23.6 Å². The second-order valence-corrected chi connectivity index (χ2v) is 5.87. The standard InChI is InChI=1S/C11H18N2O3S/c1-3-4-8-17(15,16)12-9-10-6-5-7-13(2)11(10)14/h5-7,12H,3-4,8-9H2,1-2H3. The third-order valence-corrected chi connectivity index (χ3v) is 3.86. The fourth-order valence-corrected chi connectivity index (χ4v) is 2.57. The van der Waals surface area contributed by atoms with Crippen molar-refractivity contribution in [2.75, 3.05) is 5.75 Å². The summed E-state index contributed by atoms with van der Waals surface area (Å²) in [5.74, 6) is 0.108. The van der Waals surface area contributed by atoms with Gasteiger partial charge in [-0.15, -0.1) is 0 Å². The second kappa shape index (κ2) is 5.97. The molecule has 1 aromatic heterocycles. The maximum atomic E-state index is 11.6. The van der Waals surface area contributed by atoms with Crippen LogP contribution in [0.1, 0.15) is 25.3 Å². The van der Waals surface area contributed by atoms with Gasteiger partial charge in [-0.05, 0) is 12.5 Å². The molecule has 0 radical (unpaired) electrons. The number of aryl methyl sites for hydroxylation is 1. The molecule has 0 fully saturated rings. The molecule has 0 saturated carbocycles. The van der Waals surface area contributed by atoms with Crippen LogP contribution in [0.2, 0.25) is 0 Å². The Bertz CT molecular complexity index is 520. The fourth-order valence-electron chi connectivity index (χ4n) is 1.38. The zero-order chi connectivity index (χ0) is 12.9. The first-order valence-corrected chi connectivity index (χ1v) is 7.23. The highest BCUT2D eigenvalue weighted by atomic mass is 32.2. The van der Waals surface area contributed by atoms with Crippen molar-refractivity contribution in [3.8, 4) is 0 Å². The maximum Gasteiger partial charge on any atom is 0.254 e. The minimum Gasteiger partial charge on any atom is -0.318 e. The molecule has 5 nitrogen and oxygen atoms in total. The van der Waals surface area contributed by atoms with Gasteiger partial charge in [0.1, 0.15) is 0 Å². The quantitative estimate of drug-likeness (QED) is 0.812. The summed E-state index contributed by atoms with van der Waals surface area (Å²) >= 11 is 0. The van der Waals surface area contributed by atoms with Crippen LogP contribution in [0.25, 0.3) is 0 Å². The number of pyridine rings is 1. The number of sulfonamides is 1. The Morgan fingerprint density at radius 1 is 1.41 bits per heavy atom. The summed E-state index contributed by atoms with van der Waals surface area (Å²) in [6.45, 7) is 1.99. The highest BCUT2D eigenvalue weighted by Gasteiger charge is 2.10. The van der Waals surface area contributed by atoms with Crippen molar-refractivity contribution >= 4 is 10.0 Å². The zero-order valence-corrected chi connectivity index (χ0v) is 11.0. The fraction of sp³-hybridized carbons (Fsp3) is 0.545. The summed E-state index contributed by atoms with van der Waals surface area (Å²) in [7, 11) is -1.63. The van der Waals surface area contributed by atoms with Crippen molar-refractivity contribution in [3.63, 3.8) is 0 Å². The molecule has 96 valence electrons. The maximum absolute atomic E-state index is 11.6. The number of nitrogens with one attached hydrogen (secondary N) is 1. The highest BCUT2D eigenvalue weighted by Crippen LogP contribution is 1.96. The smallest absolute Gasteiger partial charge is 0.254 e. The van der Waals surface area contributed by atoms with Gasteiger partial charge in [-0.2, -0.15) is 0 Å². The molecule has 0 aliphatic rings. The molecular formula is C11H18N2O3S. The van der Waals surface area contributed by atoms with E-state index in [4.69, 9.17) is 0 Å². The third kappa shape index (κ3) is 4.32. The molecule has 0 saturated heterocycles. The van der Waals surface area contributed by atoms with Crippen molar-refractivity contribution in [1.29, 1.82) is 0 Å². The normalized spacial score (nSPS) is 11.6.